The van der Waals surface area contributed by atoms with Crippen molar-refractivity contribution < 1.29 is 23.8 Å². The van der Waals surface area contributed by atoms with Crippen molar-refractivity contribution in [1.82, 2.24) is 9.88 Å². The number of benzene rings is 3. The lowest BCUT2D eigenvalue weighted by Gasteiger charge is -2.34. The lowest BCUT2D eigenvalue weighted by atomic mass is 10.1. The molecule has 1 amide bonds. The molecule has 3 N–H and O–H groups in total. The van der Waals surface area contributed by atoms with Crippen molar-refractivity contribution in [2.75, 3.05) is 57.7 Å². The molecule has 0 unspecified atom stereocenters. The first-order chi connectivity index (χ1) is 21.9. The number of pyridine rings is 1. The number of nitrogens with zero attached hydrogens (tertiary/aromatic N) is 3. The monoisotopic (exact) mass is 617 g/mol. The summed E-state index contributed by atoms with van der Waals surface area (Å²) in [6.45, 7) is 12.2. The van der Waals surface area contributed by atoms with Crippen LogP contribution in [-0.2, 0) is 9.59 Å². The minimum atomic E-state index is 0.250. The Labute approximate surface area is 267 Å². The van der Waals surface area contributed by atoms with Gasteiger partial charge in [-0.15, -0.1) is 0 Å². The van der Waals surface area contributed by atoms with Crippen LogP contribution in [0.15, 0.2) is 66.9 Å². The van der Waals surface area contributed by atoms with Crippen molar-refractivity contribution in [1.29, 1.82) is 0 Å². The van der Waals surface area contributed by atoms with Crippen molar-refractivity contribution in [2.24, 2.45) is 5.73 Å². The van der Waals surface area contributed by atoms with Gasteiger partial charge in [0.25, 0.3) is 0 Å². The third-order valence-corrected chi connectivity index (χ3v) is 6.81. The molecule has 1 aliphatic rings. The molecule has 1 fully saturated rings. The molecule has 1 aromatic heterocycles. The van der Waals surface area contributed by atoms with Crippen molar-refractivity contribution in [3.8, 4) is 23.0 Å². The predicted octanol–water partition coefficient (Wildman–Crippen LogP) is 6.57. The number of ether oxygens (including phenoxy) is 3. The first-order valence-electron chi connectivity index (χ1n) is 15.1. The quantitative estimate of drug-likeness (QED) is 0.212. The fourth-order valence-electron chi connectivity index (χ4n) is 4.43. The van der Waals surface area contributed by atoms with Crippen LogP contribution in [0.3, 0.4) is 0 Å². The molecule has 1 saturated heterocycles. The largest absolute Gasteiger partial charge is 0.493 e. The lowest BCUT2D eigenvalue weighted by molar-refractivity contribution is -0.108. The van der Waals surface area contributed by atoms with Crippen LogP contribution in [0.4, 0.5) is 17.1 Å². The van der Waals surface area contributed by atoms with Gasteiger partial charge in [0.05, 0.1) is 19.7 Å². The molecular weight excluding hydrogens is 570 g/mol. The number of aromatic nitrogens is 1. The number of carbonyl (C=O) groups is 2. The van der Waals surface area contributed by atoms with E-state index in [1.165, 1.54) is 5.69 Å². The molecular formula is C35H47N5O5. The second kappa shape index (κ2) is 19.4. The van der Waals surface area contributed by atoms with E-state index >= 15 is 0 Å². The summed E-state index contributed by atoms with van der Waals surface area (Å²) in [6, 6.07) is 20.4. The Hall–Kier alpha value is -4.83. The van der Waals surface area contributed by atoms with Crippen LogP contribution in [-0.4, -0.2) is 70.0 Å². The Balaban J connectivity index is 0.000000704. The number of likely N-dealkylation sites (N-methyl/N-ethyl adjacent to an activating group) is 1. The van der Waals surface area contributed by atoms with E-state index in [-0.39, 0.29) is 6.41 Å². The molecule has 0 spiro atoms. The summed E-state index contributed by atoms with van der Waals surface area (Å²) >= 11 is 0. The number of carbonyl (C=O) groups excluding carboxylic acids is 2. The number of nitrogens with one attached hydrogen (secondary N) is 1. The molecule has 10 heteroatoms. The van der Waals surface area contributed by atoms with Gasteiger partial charge in [0, 0.05) is 73.4 Å². The number of hydrogen-bond acceptors (Lipinski definition) is 9. The number of hydrogen-bond donors (Lipinski definition) is 2. The Morgan fingerprint density at radius 3 is 2.00 bits per heavy atom. The molecule has 0 atom stereocenters. The van der Waals surface area contributed by atoms with E-state index in [0.717, 1.165) is 66.1 Å². The van der Waals surface area contributed by atoms with Crippen LogP contribution >= 0.6 is 0 Å². The highest BCUT2D eigenvalue weighted by atomic mass is 16.5. The molecule has 4 aromatic rings. The van der Waals surface area contributed by atoms with E-state index in [4.69, 9.17) is 19.0 Å². The fourth-order valence-corrected chi connectivity index (χ4v) is 4.43. The van der Waals surface area contributed by atoms with Gasteiger partial charge >= 0.3 is 0 Å². The molecule has 242 valence electrons. The van der Waals surface area contributed by atoms with E-state index in [0.29, 0.717) is 23.7 Å². The predicted molar refractivity (Wildman–Crippen MR) is 183 cm³/mol. The van der Waals surface area contributed by atoms with Gasteiger partial charge in [-0.25, -0.2) is 0 Å². The lowest BCUT2D eigenvalue weighted by Crippen LogP contribution is -2.44. The smallest absolute Gasteiger partial charge is 0.204 e. The SMILES string of the molecule is CC.CCC=O.COc1cc2nccc(Oc3cc(Nc4ccc(N5CCN(C)CC5)cc4)ccc3C)c2cc1OC.NC=O. The number of piperazine rings is 1. The summed E-state index contributed by atoms with van der Waals surface area (Å²) in [7, 11) is 5.42. The van der Waals surface area contributed by atoms with Crippen LogP contribution in [0.2, 0.25) is 0 Å². The number of aldehydes is 1. The van der Waals surface area contributed by atoms with Gasteiger partial charge in [0.1, 0.15) is 17.8 Å². The summed E-state index contributed by atoms with van der Waals surface area (Å²) in [5.74, 6) is 2.75. The fraction of sp³-hybridized carbons (Fsp3) is 0.343. The number of methoxy groups -OCH3 is 2. The van der Waals surface area contributed by atoms with Crippen molar-refractivity contribution in [3.63, 3.8) is 0 Å². The van der Waals surface area contributed by atoms with E-state index in [1.54, 1.807) is 20.4 Å². The van der Waals surface area contributed by atoms with Gasteiger partial charge in [-0.05, 0) is 62.0 Å². The second-order valence-corrected chi connectivity index (χ2v) is 9.79. The molecule has 10 nitrogen and oxygen atoms in total. The first kappa shape index (κ1) is 36.4. The molecule has 0 radical (unpaired) electrons. The number of rotatable bonds is 8. The standard InChI is InChI=1S/C29H32N4O3.C3H6O.C2H6.CH3NO/c1-20-5-6-22(31-21-7-9-23(10-8-21)33-15-13-32(2)14-16-33)17-27(20)36-26-11-12-30-25-19-29(35-4)28(34-3)18-24(25)26;1-2-3-4;1-2;2-1-3/h5-12,17-19,31H,13-16H2,1-4H3;3H,2H2,1H3;1-2H3;1H,(H2,2,3). The van der Waals surface area contributed by atoms with Crippen LogP contribution in [0, 0.1) is 6.92 Å². The summed E-state index contributed by atoms with van der Waals surface area (Å²) in [5.41, 5.74) is 9.24. The van der Waals surface area contributed by atoms with Gasteiger partial charge in [-0.2, -0.15) is 0 Å². The molecule has 3 aromatic carbocycles. The van der Waals surface area contributed by atoms with E-state index < -0.39 is 0 Å². The topological polar surface area (TPSA) is 119 Å². The number of fused-ring (bicyclic) bond motifs is 1. The van der Waals surface area contributed by atoms with E-state index in [1.807, 2.05) is 52.0 Å². The number of primary amides is 1. The third-order valence-electron chi connectivity index (χ3n) is 6.81. The van der Waals surface area contributed by atoms with Crippen LogP contribution in [0.1, 0.15) is 32.8 Å². The first-order valence-corrected chi connectivity index (χ1v) is 15.1. The highest BCUT2D eigenvalue weighted by molar-refractivity contribution is 5.88. The highest BCUT2D eigenvalue weighted by Gasteiger charge is 2.15. The molecule has 1 aliphatic heterocycles. The number of aryl methyl sites for hydroxylation is 1. The Bertz CT molecular complexity index is 1470. The normalized spacial score (nSPS) is 12.2. The zero-order valence-electron chi connectivity index (χ0n) is 27.5. The molecule has 45 heavy (non-hydrogen) atoms. The minimum Gasteiger partial charge on any atom is -0.493 e. The van der Waals surface area contributed by atoms with Crippen molar-refractivity contribution in [2.45, 2.75) is 34.1 Å². The number of nitrogens with two attached hydrogens (primary N) is 1. The second-order valence-electron chi connectivity index (χ2n) is 9.79. The summed E-state index contributed by atoms with van der Waals surface area (Å²) < 4.78 is 17.3. The summed E-state index contributed by atoms with van der Waals surface area (Å²) in [5, 5.41) is 4.36. The molecule has 0 aliphatic carbocycles. The van der Waals surface area contributed by atoms with Gasteiger partial charge in [-0.3, -0.25) is 9.78 Å². The minimum absolute atomic E-state index is 0.250. The molecule has 2 heterocycles. The van der Waals surface area contributed by atoms with Gasteiger partial charge in [0.15, 0.2) is 11.5 Å². The molecule has 5 rings (SSSR count). The molecule has 0 saturated carbocycles. The number of amides is 1. The average molecular weight is 618 g/mol. The average Bonchev–Trinajstić information content (AvgIpc) is 3.08. The van der Waals surface area contributed by atoms with Crippen molar-refractivity contribution in [3.05, 3.63) is 72.4 Å². The summed E-state index contributed by atoms with van der Waals surface area (Å²) in [6.07, 6.45) is 3.50. The number of anilines is 3. The third kappa shape index (κ3) is 10.7. The highest BCUT2D eigenvalue weighted by Crippen LogP contribution is 2.38. The molecule has 0 bridgehead atoms. The van der Waals surface area contributed by atoms with Gasteiger partial charge < -0.3 is 39.9 Å². The van der Waals surface area contributed by atoms with E-state index in [2.05, 4.69) is 69.3 Å². The zero-order valence-corrected chi connectivity index (χ0v) is 27.5. The summed E-state index contributed by atoms with van der Waals surface area (Å²) in [4.78, 5) is 27.0. The van der Waals surface area contributed by atoms with Crippen LogP contribution < -0.4 is 30.2 Å². The van der Waals surface area contributed by atoms with Gasteiger partial charge in [-0.1, -0.05) is 26.8 Å². The van der Waals surface area contributed by atoms with E-state index in [9.17, 15) is 4.79 Å². The zero-order chi connectivity index (χ0) is 33.2. The Morgan fingerprint density at radius 1 is 0.844 bits per heavy atom. The Kier molecular flexibility index (Phi) is 15.7. The maximum Gasteiger partial charge on any atom is 0.204 e. The maximum atomic E-state index is 9.17. The van der Waals surface area contributed by atoms with Crippen LogP contribution in [0.25, 0.3) is 10.9 Å². The Morgan fingerprint density at radius 2 is 1.42 bits per heavy atom. The van der Waals surface area contributed by atoms with Crippen LogP contribution in [0.5, 0.6) is 23.0 Å². The van der Waals surface area contributed by atoms with Crippen molar-refractivity contribution >= 4 is 40.7 Å². The maximum absolute atomic E-state index is 9.17. The van der Waals surface area contributed by atoms with Gasteiger partial charge in [0.2, 0.25) is 6.41 Å².